The molecular formula is C16H23NO3S. The molecule has 0 spiro atoms. The molecule has 2 heterocycles. The molecule has 0 radical (unpaired) electrons. The van der Waals surface area contributed by atoms with Crippen molar-refractivity contribution in [2.24, 2.45) is 5.92 Å². The van der Waals surface area contributed by atoms with Crippen molar-refractivity contribution in [2.45, 2.75) is 40.0 Å². The van der Waals surface area contributed by atoms with E-state index >= 15 is 0 Å². The molecule has 1 aromatic rings. The topological polar surface area (TPSA) is 46.6 Å². The predicted octanol–water partition coefficient (Wildman–Crippen LogP) is 3.03. The van der Waals surface area contributed by atoms with E-state index in [1.54, 1.807) is 16.2 Å². The molecule has 1 aliphatic heterocycles. The van der Waals surface area contributed by atoms with Gasteiger partial charge in [0.15, 0.2) is 0 Å². The van der Waals surface area contributed by atoms with Crippen LogP contribution in [0, 0.1) is 12.8 Å². The maximum atomic E-state index is 12.6. The van der Waals surface area contributed by atoms with Gasteiger partial charge in [0.25, 0.3) is 5.91 Å². The quantitative estimate of drug-likeness (QED) is 0.803. The molecule has 1 saturated heterocycles. The third-order valence-corrected chi connectivity index (χ3v) is 5.25. The lowest BCUT2D eigenvalue weighted by Crippen LogP contribution is -2.42. The van der Waals surface area contributed by atoms with Gasteiger partial charge in [-0.25, -0.2) is 0 Å². The number of rotatable bonds is 4. The summed E-state index contributed by atoms with van der Waals surface area (Å²) >= 11 is 1.57. The minimum atomic E-state index is -0.174. The monoisotopic (exact) mass is 309 g/mol. The fourth-order valence-electron chi connectivity index (χ4n) is 2.75. The van der Waals surface area contributed by atoms with Gasteiger partial charge < -0.3 is 9.64 Å². The first kappa shape index (κ1) is 16.0. The fraction of sp³-hybridized carbons (Fsp3) is 0.625. The molecule has 1 atom stereocenters. The zero-order valence-electron chi connectivity index (χ0n) is 13.0. The summed E-state index contributed by atoms with van der Waals surface area (Å²) in [4.78, 5) is 28.3. The first-order valence-corrected chi connectivity index (χ1v) is 8.43. The second-order valence-electron chi connectivity index (χ2n) is 5.41. The summed E-state index contributed by atoms with van der Waals surface area (Å²) in [6.45, 7) is 7.56. The highest BCUT2D eigenvalue weighted by Crippen LogP contribution is 2.26. The van der Waals surface area contributed by atoms with E-state index in [4.69, 9.17) is 4.74 Å². The van der Waals surface area contributed by atoms with E-state index < -0.39 is 0 Å². The summed E-state index contributed by atoms with van der Waals surface area (Å²) < 4.78 is 5.08. The van der Waals surface area contributed by atoms with Gasteiger partial charge in [0, 0.05) is 18.0 Å². The molecule has 0 N–H and O–H groups in total. The number of thiophene rings is 1. The Bertz CT molecular complexity index is 524. The molecule has 5 heteroatoms. The first-order valence-electron chi connectivity index (χ1n) is 7.62. The van der Waals surface area contributed by atoms with Crippen LogP contribution >= 0.6 is 11.3 Å². The minimum absolute atomic E-state index is 0.0526. The van der Waals surface area contributed by atoms with Gasteiger partial charge in [-0.15, -0.1) is 11.3 Å². The first-order chi connectivity index (χ1) is 10.1. The van der Waals surface area contributed by atoms with Crippen molar-refractivity contribution in [1.82, 2.24) is 4.90 Å². The van der Waals surface area contributed by atoms with Gasteiger partial charge in [0.1, 0.15) is 0 Å². The Balaban J connectivity index is 2.06. The number of hydrogen-bond donors (Lipinski definition) is 0. The molecule has 0 saturated carbocycles. The van der Waals surface area contributed by atoms with Gasteiger partial charge in [0.05, 0.1) is 17.4 Å². The maximum absolute atomic E-state index is 12.6. The molecule has 116 valence electrons. The van der Waals surface area contributed by atoms with Gasteiger partial charge in [-0.05, 0) is 44.7 Å². The van der Waals surface area contributed by atoms with E-state index in [1.807, 2.05) is 19.9 Å². The molecule has 0 aromatic carbocycles. The molecule has 1 amide bonds. The van der Waals surface area contributed by atoms with Crippen LogP contribution in [-0.2, 0) is 16.0 Å². The van der Waals surface area contributed by atoms with Gasteiger partial charge in [-0.1, -0.05) is 6.92 Å². The third kappa shape index (κ3) is 3.64. The van der Waals surface area contributed by atoms with Crippen LogP contribution in [0.5, 0.6) is 0 Å². The largest absolute Gasteiger partial charge is 0.466 e. The van der Waals surface area contributed by atoms with Crippen LogP contribution in [-0.4, -0.2) is 36.5 Å². The van der Waals surface area contributed by atoms with E-state index in [9.17, 15) is 9.59 Å². The van der Waals surface area contributed by atoms with Gasteiger partial charge in [0.2, 0.25) is 0 Å². The average molecular weight is 309 g/mol. The van der Waals surface area contributed by atoms with Crippen molar-refractivity contribution in [3.8, 4) is 0 Å². The molecule has 0 bridgehead atoms. The van der Waals surface area contributed by atoms with Gasteiger partial charge >= 0.3 is 5.97 Å². The number of nitrogens with zero attached hydrogens (tertiary/aromatic N) is 1. The lowest BCUT2D eigenvalue weighted by Gasteiger charge is -2.31. The van der Waals surface area contributed by atoms with E-state index in [2.05, 4.69) is 6.92 Å². The Labute approximate surface area is 130 Å². The summed E-state index contributed by atoms with van der Waals surface area (Å²) in [5.74, 6) is -0.294. The van der Waals surface area contributed by atoms with Crippen molar-refractivity contribution in [2.75, 3.05) is 19.7 Å². The Morgan fingerprint density at radius 1 is 1.43 bits per heavy atom. The third-order valence-electron chi connectivity index (χ3n) is 3.88. The number of hydrogen-bond acceptors (Lipinski definition) is 4. The second-order valence-corrected chi connectivity index (χ2v) is 6.55. The van der Waals surface area contributed by atoms with E-state index in [1.165, 1.54) is 10.4 Å². The number of aryl methyl sites for hydroxylation is 2. The molecule has 1 aromatic heterocycles. The summed E-state index contributed by atoms with van der Waals surface area (Å²) in [7, 11) is 0. The lowest BCUT2D eigenvalue weighted by atomic mass is 9.98. The van der Waals surface area contributed by atoms with Crippen molar-refractivity contribution in [3.63, 3.8) is 0 Å². The van der Waals surface area contributed by atoms with Crippen LogP contribution in [0.15, 0.2) is 6.07 Å². The molecule has 21 heavy (non-hydrogen) atoms. The highest BCUT2D eigenvalue weighted by Gasteiger charge is 2.30. The molecule has 0 aliphatic carbocycles. The molecular weight excluding hydrogens is 286 g/mol. The van der Waals surface area contributed by atoms with Gasteiger partial charge in [-0.2, -0.15) is 0 Å². The number of ether oxygens (including phenoxy) is 1. The summed E-state index contributed by atoms with van der Waals surface area (Å²) in [6.07, 6.45) is 2.63. The zero-order chi connectivity index (χ0) is 15.4. The minimum Gasteiger partial charge on any atom is -0.466 e. The van der Waals surface area contributed by atoms with Crippen LogP contribution in [0.25, 0.3) is 0 Å². The second kappa shape index (κ2) is 7.07. The summed E-state index contributed by atoms with van der Waals surface area (Å²) in [5.41, 5.74) is 1.19. The Morgan fingerprint density at radius 2 is 2.19 bits per heavy atom. The molecule has 2 rings (SSSR count). The highest BCUT2D eigenvalue weighted by molar-refractivity contribution is 7.14. The Kier molecular flexibility index (Phi) is 5.39. The van der Waals surface area contributed by atoms with E-state index in [0.717, 1.165) is 30.7 Å². The normalized spacial score (nSPS) is 18.6. The van der Waals surface area contributed by atoms with Crippen LogP contribution in [0.3, 0.4) is 0 Å². The maximum Gasteiger partial charge on any atom is 0.310 e. The number of carbonyl (C=O) groups is 2. The zero-order valence-corrected chi connectivity index (χ0v) is 13.8. The van der Waals surface area contributed by atoms with E-state index in [-0.39, 0.29) is 17.8 Å². The lowest BCUT2D eigenvalue weighted by molar-refractivity contribution is -0.149. The van der Waals surface area contributed by atoms with Crippen LogP contribution in [0.2, 0.25) is 0 Å². The Hall–Kier alpha value is -1.36. The SMILES string of the molecule is CCOC(=O)[C@@H]1CCCN(C(=O)c2cc(C)c(CC)s2)C1. The van der Waals surface area contributed by atoms with E-state index in [0.29, 0.717) is 13.2 Å². The van der Waals surface area contributed by atoms with Crippen LogP contribution < -0.4 is 0 Å². The van der Waals surface area contributed by atoms with Gasteiger partial charge in [-0.3, -0.25) is 9.59 Å². The molecule has 1 fully saturated rings. The summed E-state index contributed by atoms with van der Waals surface area (Å²) in [6, 6.07) is 1.97. The van der Waals surface area contributed by atoms with Crippen molar-refractivity contribution < 1.29 is 14.3 Å². The predicted molar refractivity (Wildman–Crippen MR) is 83.7 cm³/mol. The van der Waals surface area contributed by atoms with Crippen molar-refractivity contribution in [3.05, 3.63) is 21.4 Å². The fourth-order valence-corrected chi connectivity index (χ4v) is 3.83. The molecule has 0 unspecified atom stereocenters. The van der Waals surface area contributed by atoms with Crippen molar-refractivity contribution >= 4 is 23.2 Å². The number of piperidine rings is 1. The number of carbonyl (C=O) groups excluding carboxylic acids is 2. The molecule has 1 aliphatic rings. The van der Waals surface area contributed by atoms with Crippen LogP contribution in [0.4, 0.5) is 0 Å². The Morgan fingerprint density at radius 3 is 2.81 bits per heavy atom. The summed E-state index contributed by atoms with van der Waals surface area (Å²) in [5, 5.41) is 0. The molecule has 4 nitrogen and oxygen atoms in total. The highest BCUT2D eigenvalue weighted by atomic mass is 32.1. The number of likely N-dealkylation sites (tertiary alicyclic amines) is 1. The standard InChI is InChI=1S/C16H23NO3S/c1-4-13-11(3)9-14(21-13)15(18)17-8-6-7-12(10-17)16(19)20-5-2/h9,12H,4-8,10H2,1-3H3/t12-/m1/s1. The smallest absolute Gasteiger partial charge is 0.310 e. The number of amides is 1. The number of esters is 1. The van der Waals surface area contributed by atoms with Crippen LogP contribution in [0.1, 0.15) is 46.8 Å². The van der Waals surface area contributed by atoms with Crippen molar-refractivity contribution in [1.29, 1.82) is 0 Å². The average Bonchev–Trinajstić information content (AvgIpc) is 2.88.